The molecule has 2 aromatic rings. The Balaban J connectivity index is 2.10. The van der Waals surface area contributed by atoms with Crippen LogP contribution in [-0.2, 0) is 13.0 Å². The van der Waals surface area contributed by atoms with Gasteiger partial charge in [-0.2, -0.15) is 0 Å². The van der Waals surface area contributed by atoms with E-state index in [1.54, 1.807) is 6.07 Å². The fraction of sp³-hybridized carbons (Fsp3) is 0.333. The average molecular weight is 274 g/mol. The van der Waals surface area contributed by atoms with E-state index in [4.69, 9.17) is 0 Å². The third-order valence-electron chi connectivity index (χ3n) is 2.81. The fourth-order valence-electron chi connectivity index (χ4n) is 1.86. The standard InChI is InChI=1S/C15H19FN4/c1-3-13-19-14(17-4-2)9-15(20-13)18-10-11-6-5-7-12(16)8-11/h5-9H,3-4,10H2,1-2H3,(H2,17,18,19,20). The minimum atomic E-state index is -0.227. The molecule has 0 unspecified atom stereocenters. The molecule has 106 valence electrons. The Hall–Kier alpha value is -2.17. The Kier molecular flexibility index (Phi) is 4.87. The molecule has 2 N–H and O–H groups in total. The van der Waals surface area contributed by atoms with Gasteiger partial charge < -0.3 is 10.6 Å². The Morgan fingerprint density at radius 2 is 1.80 bits per heavy atom. The first kappa shape index (κ1) is 14.2. The van der Waals surface area contributed by atoms with E-state index < -0.39 is 0 Å². The lowest BCUT2D eigenvalue weighted by Crippen LogP contribution is -2.08. The summed E-state index contributed by atoms with van der Waals surface area (Å²) in [5.41, 5.74) is 0.881. The maximum atomic E-state index is 13.1. The first-order chi connectivity index (χ1) is 9.71. The Labute approximate surface area is 118 Å². The molecule has 20 heavy (non-hydrogen) atoms. The number of aromatic nitrogens is 2. The van der Waals surface area contributed by atoms with E-state index in [-0.39, 0.29) is 5.82 Å². The highest BCUT2D eigenvalue weighted by molar-refractivity contribution is 5.47. The lowest BCUT2D eigenvalue weighted by atomic mass is 10.2. The summed E-state index contributed by atoms with van der Waals surface area (Å²) in [6.45, 7) is 5.38. The van der Waals surface area contributed by atoms with Crippen LogP contribution in [0.3, 0.4) is 0 Å². The Bertz CT molecular complexity index is 572. The van der Waals surface area contributed by atoms with Crippen LogP contribution in [0.2, 0.25) is 0 Å². The largest absolute Gasteiger partial charge is 0.370 e. The molecule has 1 aromatic carbocycles. The molecule has 0 atom stereocenters. The van der Waals surface area contributed by atoms with E-state index in [0.717, 1.165) is 36.0 Å². The second-order valence-corrected chi connectivity index (χ2v) is 4.42. The summed E-state index contributed by atoms with van der Waals surface area (Å²) in [4.78, 5) is 8.80. The highest BCUT2D eigenvalue weighted by atomic mass is 19.1. The van der Waals surface area contributed by atoms with Crippen molar-refractivity contribution in [3.8, 4) is 0 Å². The topological polar surface area (TPSA) is 49.8 Å². The van der Waals surface area contributed by atoms with E-state index in [0.29, 0.717) is 6.54 Å². The van der Waals surface area contributed by atoms with Crippen molar-refractivity contribution in [2.24, 2.45) is 0 Å². The molecule has 0 radical (unpaired) electrons. The van der Waals surface area contributed by atoms with Crippen molar-refractivity contribution in [2.45, 2.75) is 26.8 Å². The monoisotopic (exact) mass is 274 g/mol. The third kappa shape index (κ3) is 3.91. The molecule has 0 saturated carbocycles. The quantitative estimate of drug-likeness (QED) is 0.849. The van der Waals surface area contributed by atoms with Crippen LogP contribution in [0.5, 0.6) is 0 Å². The number of aryl methyl sites for hydroxylation is 1. The van der Waals surface area contributed by atoms with Crippen LogP contribution in [0.1, 0.15) is 25.2 Å². The van der Waals surface area contributed by atoms with Gasteiger partial charge in [-0.3, -0.25) is 0 Å². The molecule has 0 fully saturated rings. The number of halogens is 1. The van der Waals surface area contributed by atoms with E-state index in [1.165, 1.54) is 12.1 Å². The molecule has 2 rings (SSSR count). The summed E-state index contributed by atoms with van der Waals surface area (Å²) >= 11 is 0. The maximum Gasteiger partial charge on any atom is 0.132 e. The van der Waals surface area contributed by atoms with Crippen LogP contribution in [0.4, 0.5) is 16.0 Å². The van der Waals surface area contributed by atoms with Crippen molar-refractivity contribution in [2.75, 3.05) is 17.2 Å². The van der Waals surface area contributed by atoms with Gasteiger partial charge >= 0.3 is 0 Å². The van der Waals surface area contributed by atoms with Gasteiger partial charge in [-0.1, -0.05) is 19.1 Å². The van der Waals surface area contributed by atoms with Gasteiger partial charge in [-0.15, -0.1) is 0 Å². The Morgan fingerprint density at radius 3 is 2.45 bits per heavy atom. The summed E-state index contributed by atoms with van der Waals surface area (Å²) in [5.74, 6) is 2.11. The third-order valence-corrected chi connectivity index (χ3v) is 2.81. The summed E-state index contributed by atoms with van der Waals surface area (Å²) < 4.78 is 13.1. The minimum absolute atomic E-state index is 0.227. The van der Waals surface area contributed by atoms with Gasteiger partial charge in [0.25, 0.3) is 0 Å². The zero-order valence-corrected chi connectivity index (χ0v) is 11.8. The van der Waals surface area contributed by atoms with Crippen molar-refractivity contribution in [3.05, 3.63) is 47.5 Å². The summed E-state index contributed by atoms with van der Waals surface area (Å²) in [6, 6.07) is 8.39. The molecule has 0 amide bonds. The van der Waals surface area contributed by atoms with Gasteiger partial charge in [0.2, 0.25) is 0 Å². The predicted octanol–water partition coefficient (Wildman–Crippen LogP) is 3.22. The van der Waals surface area contributed by atoms with Crippen molar-refractivity contribution in [1.29, 1.82) is 0 Å². The molecule has 1 heterocycles. The highest BCUT2D eigenvalue weighted by Gasteiger charge is 2.03. The SMILES string of the molecule is CCNc1cc(NCc2cccc(F)c2)nc(CC)n1. The van der Waals surface area contributed by atoms with E-state index in [9.17, 15) is 4.39 Å². The zero-order valence-electron chi connectivity index (χ0n) is 11.8. The van der Waals surface area contributed by atoms with Gasteiger partial charge in [0, 0.05) is 25.6 Å². The second kappa shape index (κ2) is 6.84. The van der Waals surface area contributed by atoms with Crippen molar-refractivity contribution < 1.29 is 4.39 Å². The molecule has 0 spiro atoms. The molecule has 0 bridgehead atoms. The van der Waals surface area contributed by atoms with Crippen LogP contribution in [0.25, 0.3) is 0 Å². The summed E-state index contributed by atoms with van der Waals surface area (Å²) in [6.07, 6.45) is 0.772. The normalized spacial score (nSPS) is 10.3. The van der Waals surface area contributed by atoms with Crippen molar-refractivity contribution in [3.63, 3.8) is 0 Å². The second-order valence-electron chi connectivity index (χ2n) is 4.42. The first-order valence-electron chi connectivity index (χ1n) is 6.81. The van der Waals surface area contributed by atoms with Gasteiger partial charge in [0.15, 0.2) is 0 Å². The smallest absolute Gasteiger partial charge is 0.132 e. The summed E-state index contributed by atoms with van der Waals surface area (Å²) in [5, 5.41) is 6.38. The van der Waals surface area contributed by atoms with Crippen LogP contribution >= 0.6 is 0 Å². The number of hydrogen-bond acceptors (Lipinski definition) is 4. The molecule has 0 aliphatic carbocycles. The number of benzene rings is 1. The number of nitrogens with one attached hydrogen (secondary N) is 2. The molecule has 5 heteroatoms. The van der Waals surface area contributed by atoms with E-state index in [2.05, 4.69) is 20.6 Å². The molecular weight excluding hydrogens is 255 g/mol. The Morgan fingerprint density at radius 1 is 1.05 bits per heavy atom. The molecule has 0 saturated heterocycles. The zero-order chi connectivity index (χ0) is 14.4. The van der Waals surface area contributed by atoms with Crippen LogP contribution in [0.15, 0.2) is 30.3 Å². The fourth-order valence-corrected chi connectivity index (χ4v) is 1.86. The molecule has 4 nitrogen and oxygen atoms in total. The van der Waals surface area contributed by atoms with Gasteiger partial charge in [0.1, 0.15) is 23.3 Å². The van der Waals surface area contributed by atoms with Gasteiger partial charge in [-0.05, 0) is 24.6 Å². The molecule has 1 aromatic heterocycles. The van der Waals surface area contributed by atoms with Gasteiger partial charge in [0.05, 0.1) is 0 Å². The average Bonchev–Trinajstić information content (AvgIpc) is 2.45. The molecular formula is C15H19FN4. The highest BCUT2D eigenvalue weighted by Crippen LogP contribution is 2.13. The van der Waals surface area contributed by atoms with Crippen LogP contribution < -0.4 is 10.6 Å². The van der Waals surface area contributed by atoms with E-state index >= 15 is 0 Å². The lowest BCUT2D eigenvalue weighted by molar-refractivity contribution is 0.626. The molecule has 0 aliphatic heterocycles. The first-order valence-corrected chi connectivity index (χ1v) is 6.81. The van der Waals surface area contributed by atoms with Crippen LogP contribution in [-0.4, -0.2) is 16.5 Å². The minimum Gasteiger partial charge on any atom is -0.370 e. The number of rotatable bonds is 6. The van der Waals surface area contributed by atoms with Crippen molar-refractivity contribution in [1.82, 2.24) is 9.97 Å². The van der Waals surface area contributed by atoms with Gasteiger partial charge in [-0.25, -0.2) is 14.4 Å². The van der Waals surface area contributed by atoms with Crippen molar-refractivity contribution >= 4 is 11.6 Å². The number of nitrogens with zero attached hydrogens (tertiary/aromatic N) is 2. The number of hydrogen-bond donors (Lipinski definition) is 2. The maximum absolute atomic E-state index is 13.1. The lowest BCUT2D eigenvalue weighted by Gasteiger charge is -2.10. The summed E-state index contributed by atoms with van der Waals surface area (Å²) in [7, 11) is 0. The predicted molar refractivity (Wildman–Crippen MR) is 79.3 cm³/mol. The van der Waals surface area contributed by atoms with E-state index in [1.807, 2.05) is 26.0 Å². The number of anilines is 2. The molecule has 0 aliphatic rings. The van der Waals surface area contributed by atoms with Crippen LogP contribution in [0, 0.1) is 5.82 Å².